The fourth-order valence-electron chi connectivity index (χ4n) is 3.22. The lowest BCUT2D eigenvalue weighted by Gasteiger charge is -2.12. The van der Waals surface area contributed by atoms with Gasteiger partial charge < -0.3 is 14.6 Å². The van der Waals surface area contributed by atoms with Crippen LogP contribution in [-0.2, 0) is 16.1 Å². The van der Waals surface area contributed by atoms with E-state index >= 15 is 0 Å². The summed E-state index contributed by atoms with van der Waals surface area (Å²) in [6.07, 6.45) is 2.28. The zero-order valence-corrected chi connectivity index (χ0v) is 21.7. The highest BCUT2D eigenvalue weighted by atomic mass is 35.5. The molecular formula is C25H24Cl2N2O5S. The van der Waals surface area contributed by atoms with Crippen LogP contribution in [0.25, 0.3) is 17.3 Å². The Kier molecular flexibility index (Phi) is 9.28. The van der Waals surface area contributed by atoms with Crippen LogP contribution in [0.15, 0.2) is 41.3 Å². The lowest BCUT2D eigenvalue weighted by molar-refractivity contribution is -0.132. The van der Waals surface area contributed by atoms with Crippen molar-refractivity contribution in [2.24, 2.45) is 0 Å². The Hall–Kier alpha value is -2.91. The molecule has 0 aliphatic rings. The Morgan fingerprint density at radius 1 is 1.23 bits per heavy atom. The third-order valence-electron chi connectivity index (χ3n) is 4.95. The topological polar surface area (TPSA) is 97.8 Å². The molecule has 2 N–H and O–H groups in total. The molecule has 0 saturated carbocycles. The van der Waals surface area contributed by atoms with Gasteiger partial charge in [0.25, 0.3) is 5.91 Å². The summed E-state index contributed by atoms with van der Waals surface area (Å²) in [5.74, 6) is -0.867. The largest absolute Gasteiger partial charge is 0.496 e. The quantitative estimate of drug-likeness (QED) is 0.219. The Bertz CT molecular complexity index is 1250. The van der Waals surface area contributed by atoms with Crippen molar-refractivity contribution < 1.29 is 24.2 Å². The zero-order chi connectivity index (χ0) is 25.5. The van der Waals surface area contributed by atoms with Crippen LogP contribution in [0.5, 0.6) is 5.75 Å². The molecule has 35 heavy (non-hydrogen) atoms. The summed E-state index contributed by atoms with van der Waals surface area (Å²) in [4.78, 5) is 28.4. The molecule has 0 aliphatic heterocycles. The molecule has 2 aromatic carbocycles. The van der Waals surface area contributed by atoms with Crippen molar-refractivity contribution in [1.82, 2.24) is 4.98 Å². The van der Waals surface area contributed by atoms with Gasteiger partial charge in [0, 0.05) is 39.8 Å². The van der Waals surface area contributed by atoms with E-state index < -0.39 is 11.9 Å². The molecule has 3 aromatic rings. The monoisotopic (exact) mass is 534 g/mol. The molecule has 1 amide bonds. The number of methoxy groups -OCH3 is 1. The summed E-state index contributed by atoms with van der Waals surface area (Å²) in [6, 6.07) is 8.61. The minimum Gasteiger partial charge on any atom is -0.496 e. The van der Waals surface area contributed by atoms with E-state index in [1.807, 2.05) is 30.5 Å². The van der Waals surface area contributed by atoms with Gasteiger partial charge in [0.2, 0.25) is 0 Å². The highest BCUT2D eigenvalue weighted by molar-refractivity contribution is 7.14. The van der Waals surface area contributed by atoms with Gasteiger partial charge in [-0.2, -0.15) is 0 Å². The van der Waals surface area contributed by atoms with Crippen molar-refractivity contribution >= 4 is 57.6 Å². The van der Waals surface area contributed by atoms with Gasteiger partial charge >= 0.3 is 5.97 Å². The molecule has 3 rings (SSSR count). The first-order valence-electron chi connectivity index (χ1n) is 10.7. The summed E-state index contributed by atoms with van der Waals surface area (Å²) in [6.45, 7) is 4.56. The molecule has 0 bridgehead atoms. The predicted octanol–water partition coefficient (Wildman–Crippen LogP) is 6.79. The third kappa shape index (κ3) is 6.61. The normalized spacial score (nSPS) is 11.4. The maximum absolute atomic E-state index is 12.8. The lowest BCUT2D eigenvalue weighted by Crippen LogP contribution is -2.12. The summed E-state index contributed by atoms with van der Waals surface area (Å²) < 4.78 is 11.3. The van der Waals surface area contributed by atoms with Gasteiger partial charge in [-0.1, -0.05) is 42.3 Å². The van der Waals surface area contributed by atoms with E-state index in [0.29, 0.717) is 35.4 Å². The van der Waals surface area contributed by atoms with Crippen LogP contribution in [0.3, 0.4) is 0 Å². The van der Waals surface area contributed by atoms with Gasteiger partial charge in [0.15, 0.2) is 5.13 Å². The van der Waals surface area contributed by atoms with Crippen molar-refractivity contribution in [1.29, 1.82) is 0 Å². The average Bonchev–Trinajstić information content (AvgIpc) is 3.29. The van der Waals surface area contributed by atoms with E-state index in [2.05, 4.69) is 10.3 Å². The van der Waals surface area contributed by atoms with Gasteiger partial charge in [0.1, 0.15) is 5.75 Å². The summed E-state index contributed by atoms with van der Waals surface area (Å²) in [7, 11) is 1.60. The summed E-state index contributed by atoms with van der Waals surface area (Å²) >= 11 is 13.8. The molecule has 0 radical (unpaired) electrons. The first kappa shape index (κ1) is 26.7. The van der Waals surface area contributed by atoms with Crippen molar-refractivity contribution in [2.45, 2.75) is 26.9 Å². The number of carbonyl (C=O) groups is 2. The number of nitrogens with zero attached hydrogens (tertiary/aromatic N) is 1. The van der Waals surface area contributed by atoms with E-state index in [1.165, 1.54) is 36.5 Å². The van der Waals surface area contributed by atoms with Gasteiger partial charge in [0.05, 0.1) is 29.5 Å². The minimum atomic E-state index is -1.09. The number of halogens is 2. The number of carboxylic acids is 1. The molecule has 1 heterocycles. The second-order valence-corrected chi connectivity index (χ2v) is 9.20. The Labute approximate surface area is 217 Å². The first-order valence-corrected chi connectivity index (χ1v) is 12.3. The summed E-state index contributed by atoms with van der Waals surface area (Å²) in [5, 5.41) is 14.4. The van der Waals surface area contributed by atoms with Gasteiger partial charge in [-0.3, -0.25) is 10.1 Å². The van der Waals surface area contributed by atoms with Crippen molar-refractivity contribution in [3.8, 4) is 17.0 Å². The maximum atomic E-state index is 12.8. The number of para-hydroxylation sites is 1. The number of hydrogen-bond donors (Lipinski definition) is 2. The second kappa shape index (κ2) is 12.2. The fourth-order valence-corrected chi connectivity index (χ4v) is 4.53. The van der Waals surface area contributed by atoms with E-state index in [9.17, 15) is 9.59 Å². The number of benzene rings is 2. The number of ether oxygens (including phenoxy) is 2. The zero-order valence-electron chi connectivity index (χ0n) is 19.4. The molecule has 0 saturated heterocycles. The molecule has 7 nitrogen and oxygen atoms in total. The third-order valence-corrected chi connectivity index (χ3v) is 6.33. The van der Waals surface area contributed by atoms with Crippen LogP contribution in [-0.4, -0.2) is 35.7 Å². The van der Waals surface area contributed by atoms with E-state index in [0.717, 1.165) is 17.5 Å². The average molecular weight is 535 g/mol. The van der Waals surface area contributed by atoms with E-state index in [1.54, 1.807) is 7.11 Å². The van der Waals surface area contributed by atoms with Crippen LogP contribution in [0, 0.1) is 0 Å². The molecule has 184 valence electrons. The number of anilines is 1. The number of aliphatic carboxylic acids is 1. The standard InChI is InChI=1S/C25H24Cl2N2O5S/c1-4-8-34-12-15-6-5-7-17(22(15)33-3)21-13-35-25(28-21)29-23(30)16-10-19(26)18(20(27)11-16)9-14(2)24(31)32/h5-7,9-11,13H,4,8,12H2,1-3H3,(H,31,32)(H,28,29,30)/b14-9+. The molecule has 0 spiro atoms. The van der Waals surface area contributed by atoms with Crippen LogP contribution in [0.1, 0.15) is 41.8 Å². The number of nitrogens with one attached hydrogen (secondary N) is 1. The van der Waals surface area contributed by atoms with Crippen molar-refractivity contribution in [3.63, 3.8) is 0 Å². The number of rotatable bonds is 10. The van der Waals surface area contributed by atoms with Crippen LogP contribution >= 0.6 is 34.5 Å². The summed E-state index contributed by atoms with van der Waals surface area (Å²) in [5.41, 5.74) is 2.97. The highest BCUT2D eigenvalue weighted by Gasteiger charge is 2.17. The molecule has 0 unspecified atom stereocenters. The molecule has 10 heteroatoms. The van der Waals surface area contributed by atoms with Crippen LogP contribution < -0.4 is 10.1 Å². The number of thiazole rings is 1. The van der Waals surface area contributed by atoms with E-state index in [4.69, 9.17) is 37.8 Å². The molecule has 0 aliphatic carbocycles. The molecule has 0 atom stereocenters. The van der Waals surface area contributed by atoms with E-state index in [-0.39, 0.29) is 21.2 Å². The molecular weight excluding hydrogens is 511 g/mol. The highest BCUT2D eigenvalue weighted by Crippen LogP contribution is 2.35. The molecule has 1 aromatic heterocycles. The van der Waals surface area contributed by atoms with Crippen LogP contribution in [0.4, 0.5) is 5.13 Å². The Morgan fingerprint density at radius 3 is 2.57 bits per heavy atom. The van der Waals surface area contributed by atoms with Crippen LogP contribution in [0.2, 0.25) is 10.0 Å². The fraction of sp³-hybridized carbons (Fsp3) is 0.240. The van der Waals surface area contributed by atoms with Gasteiger partial charge in [-0.05, 0) is 37.6 Å². The van der Waals surface area contributed by atoms with Gasteiger partial charge in [-0.25, -0.2) is 9.78 Å². The number of carboxylic acid groups (broad SMARTS) is 1. The minimum absolute atomic E-state index is 0.0674. The lowest BCUT2D eigenvalue weighted by atomic mass is 10.1. The number of amides is 1. The second-order valence-electron chi connectivity index (χ2n) is 7.53. The smallest absolute Gasteiger partial charge is 0.331 e. The number of aromatic nitrogens is 1. The Balaban J connectivity index is 1.81. The first-order chi connectivity index (χ1) is 16.7. The van der Waals surface area contributed by atoms with Crippen molar-refractivity contribution in [3.05, 3.63) is 68.0 Å². The predicted molar refractivity (Wildman–Crippen MR) is 140 cm³/mol. The van der Waals surface area contributed by atoms with Crippen molar-refractivity contribution in [2.75, 3.05) is 19.0 Å². The number of hydrogen-bond acceptors (Lipinski definition) is 6. The Morgan fingerprint density at radius 2 is 1.94 bits per heavy atom. The maximum Gasteiger partial charge on any atom is 0.331 e. The van der Waals surface area contributed by atoms with Gasteiger partial charge in [-0.15, -0.1) is 11.3 Å². The SMILES string of the molecule is CCCOCc1cccc(-c2csc(NC(=O)c3cc(Cl)c(/C=C(\C)C(=O)O)c(Cl)c3)n2)c1OC. The number of carbonyl (C=O) groups excluding carboxylic acids is 1. The molecule has 0 fully saturated rings.